The maximum absolute atomic E-state index is 13.3. The lowest BCUT2D eigenvalue weighted by atomic mass is 9.96. The first-order valence-electron chi connectivity index (χ1n) is 10.7. The second-order valence-electron chi connectivity index (χ2n) is 8.51. The molecule has 1 aliphatic carbocycles. The largest absolute Gasteiger partial charge is 0.496 e. The summed E-state index contributed by atoms with van der Waals surface area (Å²) in [5, 5.41) is 6.28. The van der Waals surface area contributed by atoms with Crippen LogP contribution in [-0.4, -0.2) is 48.1 Å². The van der Waals surface area contributed by atoms with Crippen LogP contribution in [0.2, 0.25) is 0 Å². The summed E-state index contributed by atoms with van der Waals surface area (Å²) in [6.07, 6.45) is 2.43. The van der Waals surface area contributed by atoms with Gasteiger partial charge in [-0.25, -0.2) is 5.01 Å². The van der Waals surface area contributed by atoms with Gasteiger partial charge in [0.2, 0.25) is 5.91 Å². The number of aryl methyl sites for hydroxylation is 2. The minimum absolute atomic E-state index is 0.0185. The third-order valence-corrected chi connectivity index (χ3v) is 6.18. The molecule has 1 saturated carbocycles. The number of hydrazone groups is 1. The first kappa shape index (κ1) is 21.1. The van der Waals surface area contributed by atoms with E-state index in [0.29, 0.717) is 6.42 Å². The Morgan fingerprint density at radius 2 is 1.87 bits per heavy atom. The lowest BCUT2D eigenvalue weighted by molar-refractivity contribution is -0.141. The lowest BCUT2D eigenvalue weighted by Crippen LogP contribution is -2.39. The number of methoxy groups -OCH3 is 1. The molecule has 1 aliphatic heterocycles. The molecule has 1 atom stereocenters. The van der Waals surface area contributed by atoms with E-state index in [1.807, 2.05) is 24.3 Å². The van der Waals surface area contributed by atoms with E-state index in [2.05, 4.69) is 32.0 Å². The van der Waals surface area contributed by atoms with Crippen molar-refractivity contribution in [1.82, 2.24) is 9.91 Å². The van der Waals surface area contributed by atoms with Crippen molar-refractivity contribution in [2.45, 2.75) is 39.2 Å². The fraction of sp³-hybridized carbons (Fsp3) is 0.400. The molecule has 2 amide bonds. The van der Waals surface area contributed by atoms with E-state index in [4.69, 9.17) is 9.84 Å². The van der Waals surface area contributed by atoms with Crippen LogP contribution < -0.4 is 4.74 Å². The first-order valence-corrected chi connectivity index (χ1v) is 10.7. The molecule has 0 spiro atoms. The van der Waals surface area contributed by atoms with Crippen molar-refractivity contribution in [3.05, 3.63) is 64.7 Å². The molecule has 2 aliphatic rings. The van der Waals surface area contributed by atoms with Gasteiger partial charge in [-0.2, -0.15) is 5.10 Å². The highest BCUT2D eigenvalue weighted by molar-refractivity contribution is 6.03. The average Bonchev–Trinajstić information content (AvgIpc) is 3.53. The molecular formula is C25H29N3O3. The van der Waals surface area contributed by atoms with Crippen LogP contribution in [0.25, 0.3) is 0 Å². The van der Waals surface area contributed by atoms with E-state index in [9.17, 15) is 9.59 Å². The Kier molecular flexibility index (Phi) is 5.81. The number of nitrogens with zero attached hydrogens (tertiary/aromatic N) is 3. The van der Waals surface area contributed by atoms with E-state index < -0.39 is 0 Å². The fourth-order valence-corrected chi connectivity index (χ4v) is 4.01. The highest BCUT2D eigenvalue weighted by Crippen LogP contribution is 2.38. The zero-order chi connectivity index (χ0) is 22.1. The summed E-state index contributed by atoms with van der Waals surface area (Å²) in [4.78, 5) is 27.2. The second-order valence-corrected chi connectivity index (χ2v) is 8.51. The Morgan fingerprint density at radius 3 is 2.55 bits per heavy atom. The summed E-state index contributed by atoms with van der Waals surface area (Å²) < 4.78 is 5.57. The van der Waals surface area contributed by atoms with Crippen LogP contribution >= 0.6 is 0 Å². The van der Waals surface area contributed by atoms with E-state index in [1.165, 1.54) is 16.0 Å². The summed E-state index contributed by atoms with van der Waals surface area (Å²) in [6.45, 7) is 4.17. The van der Waals surface area contributed by atoms with Crippen molar-refractivity contribution in [2.75, 3.05) is 20.7 Å². The van der Waals surface area contributed by atoms with E-state index in [-0.39, 0.29) is 30.3 Å². The van der Waals surface area contributed by atoms with Gasteiger partial charge in [-0.05, 0) is 55.5 Å². The number of ether oxygens (including phenoxy) is 1. The first-order chi connectivity index (χ1) is 14.9. The molecule has 1 fully saturated rings. The van der Waals surface area contributed by atoms with E-state index >= 15 is 0 Å². The van der Waals surface area contributed by atoms with Crippen LogP contribution in [0.5, 0.6) is 5.75 Å². The van der Waals surface area contributed by atoms with Gasteiger partial charge in [0.05, 0.1) is 18.9 Å². The third kappa shape index (κ3) is 4.33. The van der Waals surface area contributed by atoms with Gasteiger partial charge in [-0.1, -0.05) is 30.3 Å². The second kappa shape index (κ2) is 8.53. The Hall–Kier alpha value is -3.15. The predicted octanol–water partition coefficient (Wildman–Crippen LogP) is 3.86. The molecular weight excluding hydrogens is 390 g/mol. The molecule has 0 saturated heterocycles. The van der Waals surface area contributed by atoms with Crippen LogP contribution in [0.4, 0.5) is 0 Å². The molecule has 1 heterocycles. The van der Waals surface area contributed by atoms with Crippen LogP contribution in [-0.2, 0) is 9.59 Å². The van der Waals surface area contributed by atoms with Crippen molar-refractivity contribution in [3.8, 4) is 5.75 Å². The normalized spacial score (nSPS) is 18.0. The van der Waals surface area contributed by atoms with Crippen molar-refractivity contribution in [2.24, 2.45) is 11.0 Å². The van der Waals surface area contributed by atoms with Gasteiger partial charge in [-0.3, -0.25) is 9.59 Å². The number of rotatable bonds is 6. The fourth-order valence-electron chi connectivity index (χ4n) is 4.01. The molecule has 2 aromatic carbocycles. The molecule has 4 rings (SSSR count). The Morgan fingerprint density at radius 1 is 1.13 bits per heavy atom. The number of hydrogen-bond acceptors (Lipinski definition) is 4. The van der Waals surface area contributed by atoms with Crippen LogP contribution in [0.3, 0.4) is 0 Å². The molecule has 0 N–H and O–H groups in total. The van der Waals surface area contributed by atoms with Crippen LogP contribution in [0.1, 0.15) is 47.6 Å². The van der Waals surface area contributed by atoms with Gasteiger partial charge in [0.15, 0.2) is 0 Å². The number of likely N-dealkylation sites (N-methyl/N-ethyl adjacent to an activating group) is 1. The number of carbonyl (C=O) groups is 2. The van der Waals surface area contributed by atoms with E-state index in [1.54, 1.807) is 19.2 Å². The molecule has 2 aromatic rings. The van der Waals surface area contributed by atoms with Crippen molar-refractivity contribution in [1.29, 1.82) is 0 Å². The number of amides is 2. The third-order valence-electron chi connectivity index (χ3n) is 6.18. The highest BCUT2D eigenvalue weighted by atomic mass is 16.5. The minimum atomic E-state index is -0.273. The number of hydrogen-bond donors (Lipinski definition) is 0. The average molecular weight is 420 g/mol. The van der Waals surface area contributed by atoms with Crippen LogP contribution in [0.15, 0.2) is 47.6 Å². The van der Waals surface area contributed by atoms with Gasteiger partial charge in [-0.15, -0.1) is 0 Å². The smallest absolute Gasteiger partial charge is 0.262 e. The topological polar surface area (TPSA) is 62.2 Å². The summed E-state index contributed by atoms with van der Waals surface area (Å²) in [7, 11) is 3.33. The number of carbonyl (C=O) groups excluding carboxylic acids is 2. The predicted molar refractivity (Wildman–Crippen MR) is 120 cm³/mol. The minimum Gasteiger partial charge on any atom is -0.496 e. The van der Waals surface area contributed by atoms with Gasteiger partial charge in [0, 0.05) is 24.9 Å². The highest BCUT2D eigenvalue weighted by Gasteiger charge is 2.37. The van der Waals surface area contributed by atoms with Crippen molar-refractivity contribution >= 4 is 17.5 Å². The zero-order valence-electron chi connectivity index (χ0n) is 18.6. The summed E-state index contributed by atoms with van der Waals surface area (Å²) >= 11 is 0. The lowest BCUT2D eigenvalue weighted by Gasteiger charge is -2.26. The molecule has 6 nitrogen and oxygen atoms in total. The number of para-hydroxylation sites is 1. The molecule has 6 heteroatoms. The quantitative estimate of drug-likeness (QED) is 0.714. The van der Waals surface area contributed by atoms with Crippen LogP contribution in [0, 0.1) is 19.8 Å². The Balaban J connectivity index is 1.65. The zero-order valence-corrected chi connectivity index (χ0v) is 18.6. The molecule has 162 valence electrons. The van der Waals surface area contributed by atoms with Gasteiger partial charge in [0.25, 0.3) is 5.91 Å². The van der Waals surface area contributed by atoms with Gasteiger partial charge in [0.1, 0.15) is 12.3 Å². The summed E-state index contributed by atoms with van der Waals surface area (Å²) in [5.74, 6) is 0.659. The van der Waals surface area contributed by atoms with E-state index in [0.717, 1.165) is 35.4 Å². The molecule has 0 aromatic heterocycles. The number of benzene rings is 2. The molecule has 31 heavy (non-hydrogen) atoms. The monoisotopic (exact) mass is 419 g/mol. The molecule has 0 bridgehead atoms. The molecule has 0 radical (unpaired) electrons. The van der Waals surface area contributed by atoms with Crippen molar-refractivity contribution < 1.29 is 14.3 Å². The Labute approximate surface area is 183 Å². The molecule has 0 unspecified atom stereocenters. The standard InChI is InChI=1S/C25H29N3O3/c1-16-9-10-19(13-17(16)2)21-14-22(20-7-5-6-8-23(20)31-4)28(26-21)24(29)15-27(3)25(30)18-11-12-18/h5-10,13,18,22H,11-12,14-15H2,1-4H3/t22-/m1/s1. The van der Waals surface area contributed by atoms with Gasteiger partial charge >= 0.3 is 0 Å². The summed E-state index contributed by atoms with van der Waals surface area (Å²) in [6, 6.07) is 13.7. The maximum atomic E-state index is 13.3. The van der Waals surface area contributed by atoms with Crippen molar-refractivity contribution in [3.63, 3.8) is 0 Å². The SMILES string of the molecule is COc1ccccc1[C@H]1CC(c2ccc(C)c(C)c2)=NN1C(=O)CN(C)C(=O)C1CC1. The Bertz CT molecular complexity index is 1040. The maximum Gasteiger partial charge on any atom is 0.262 e. The summed E-state index contributed by atoms with van der Waals surface area (Å²) in [5.41, 5.74) is 5.20. The van der Waals surface area contributed by atoms with Gasteiger partial charge < -0.3 is 9.64 Å².